The predicted molar refractivity (Wildman–Crippen MR) is 63.9 cm³/mol. The van der Waals surface area contributed by atoms with E-state index in [4.69, 9.17) is 21.1 Å². The van der Waals surface area contributed by atoms with Crippen molar-refractivity contribution in [2.75, 3.05) is 26.1 Å². The number of carbonyl (C=O) groups is 1. The van der Waals surface area contributed by atoms with Crippen molar-refractivity contribution >= 4 is 17.5 Å². The molecule has 0 heterocycles. The number of rotatable bonds is 6. The summed E-state index contributed by atoms with van der Waals surface area (Å²) in [6.07, 6.45) is 0. The molecule has 0 saturated heterocycles. The van der Waals surface area contributed by atoms with Gasteiger partial charge in [0.2, 0.25) is 11.7 Å². The third-order valence-electron chi connectivity index (χ3n) is 1.97. The fourth-order valence-corrected chi connectivity index (χ4v) is 1.30. The van der Waals surface area contributed by atoms with Crippen molar-refractivity contribution in [3.63, 3.8) is 0 Å². The molecule has 94 valence electrons. The van der Waals surface area contributed by atoms with E-state index in [0.717, 1.165) is 0 Å². The number of para-hydroxylation sites is 1. The molecule has 0 radical (unpaired) electrons. The van der Waals surface area contributed by atoms with Crippen LogP contribution in [0.1, 0.15) is 0 Å². The summed E-state index contributed by atoms with van der Waals surface area (Å²) >= 11 is 5.31. The standard InChI is InChI=1S/C11H14ClNO4/c1-16-9-4-2-3-8(14)11(9)17-6-5-13-10(15)7-12/h2-4,14H,5-7H2,1H3,(H,13,15). The van der Waals surface area contributed by atoms with E-state index in [9.17, 15) is 9.90 Å². The average molecular weight is 260 g/mol. The number of carbonyl (C=O) groups excluding carboxylic acids is 1. The molecular weight excluding hydrogens is 246 g/mol. The average Bonchev–Trinajstić information content (AvgIpc) is 2.35. The summed E-state index contributed by atoms with van der Waals surface area (Å²) < 4.78 is 10.4. The number of alkyl halides is 1. The maximum absolute atomic E-state index is 10.8. The largest absolute Gasteiger partial charge is 0.504 e. The highest BCUT2D eigenvalue weighted by Gasteiger charge is 2.09. The molecular formula is C11H14ClNO4. The van der Waals surface area contributed by atoms with E-state index in [1.807, 2.05) is 0 Å². The maximum Gasteiger partial charge on any atom is 0.235 e. The first-order valence-corrected chi connectivity index (χ1v) is 5.54. The van der Waals surface area contributed by atoms with E-state index in [-0.39, 0.29) is 29.9 Å². The number of halogens is 1. The molecule has 0 saturated carbocycles. The Balaban J connectivity index is 2.48. The van der Waals surface area contributed by atoms with Gasteiger partial charge in [0.1, 0.15) is 12.5 Å². The van der Waals surface area contributed by atoms with Crippen molar-refractivity contribution in [3.05, 3.63) is 18.2 Å². The Morgan fingerprint density at radius 2 is 2.29 bits per heavy atom. The number of ether oxygens (including phenoxy) is 2. The van der Waals surface area contributed by atoms with Gasteiger partial charge in [-0.05, 0) is 12.1 Å². The Kier molecular flexibility index (Phi) is 5.42. The van der Waals surface area contributed by atoms with Crippen molar-refractivity contribution in [2.45, 2.75) is 0 Å². The zero-order valence-electron chi connectivity index (χ0n) is 9.40. The molecule has 0 atom stereocenters. The molecule has 1 aromatic carbocycles. The minimum Gasteiger partial charge on any atom is -0.504 e. The van der Waals surface area contributed by atoms with Gasteiger partial charge >= 0.3 is 0 Å². The van der Waals surface area contributed by atoms with Crippen LogP contribution in [0.5, 0.6) is 17.2 Å². The molecule has 5 nitrogen and oxygen atoms in total. The molecule has 0 aliphatic carbocycles. The van der Waals surface area contributed by atoms with Gasteiger partial charge in [-0.25, -0.2) is 0 Å². The van der Waals surface area contributed by atoms with Crippen molar-refractivity contribution < 1.29 is 19.4 Å². The number of phenolic OH excluding ortho intramolecular Hbond substituents is 1. The second-order valence-electron chi connectivity index (χ2n) is 3.14. The molecule has 2 N–H and O–H groups in total. The highest BCUT2D eigenvalue weighted by molar-refractivity contribution is 6.27. The molecule has 1 aromatic rings. The van der Waals surface area contributed by atoms with Gasteiger partial charge in [-0.3, -0.25) is 4.79 Å². The Morgan fingerprint density at radius 3 is 2.94 bits per heavy atom. The van der Waals surface area contributed by atoms with Crippen LogP contribution in [-0.4, -0.2) is 37.2 Å². The first-order chi connectivity index (χ1) is 8.19. The van der Waals surface area contributed by atoms with Crippen LogP contribution in [0.3, 0.4) is 0 Å². The normalized spacial score (nSPS) is 9.76. The Labute approximate surface area is 104 Å². The lowest BCUT2D eigenvalue weighted by Crippen LogP contribution is -2.28. The van der Waals surface area contributed by atoms with Crippen LogP contribution in [-0.2, 0) is 4.79 Å². The highest BCUT2D eigenvalue weighted by atomic mass is 35.5. The van der Waals surface area contributed by atoms with Crippen molar-refractivity contribution in [3.8, 4) is 17.2 Å². The lowest BCUT2D eigenvalue weighted by molar-refractivity contribution is -0.118. The molecule has 0 bridgehead atoms. The topological polar surface area (TPSA) is 67.8 Å². The second-order valence-corrected chi connectivity index (χ2v) is 3.41. The van der Waals surface area contributed by atoms with Crippen LogP contribution >= 0.6 is 11.6 Å². The number of nitrogens with one attached hydrogen (secondary N) is 1. The summed E-state index contributed by atoms with van der Waals surface area (Å²) in [5.41, 5.74) is 0. The molecule has 6 heteroatoms. The Hall–Kier alpha value is -1.62. The van der Waals surface area contributed by atoms with Crippen LogP contribution in [0.25, 0.3) is 0 Å². The Morgan fingerprint density at radius 1 is 1.53 bits per heavy atom. The molecule has 0 unspecified atom stereocenters. The van der Waals surface area contributed by atoms with Crippen LogP contribution in [0, 0.1) is 0 Å². The number of amides is 1. The molecule has 0 fully saturated rings. The monoisotopic (exact) mass is 259 g/mol. The van der Waals surface area contributed by atoms with E-state index in [2.05, 4.69) is 5.32 Å². The molecule has 17 heavy (non-hydrogen) atoms. The molecule has 1 amide bonds. The van der Waals surface area contributed by atoms with Gasteiger partial charge in [-0.1, -0.05) is 6.07 Å². The van der Waals surface area contributed by atoms with E-state index in [1.165, 1.54) is 13.2 Å². The number of methoxy groups -OCH3 is 1. The quantitative estimate of drug-likeness (QED) is 0.594. The van der Waals surface area contributed by atoms with Gasteiger partial charge in [0.05, 0.1) is 13.7 Å². The number of aromatic hydroxyl groups is 1. The van der Waals surface area contributed by atoms with Crippen molar-refractivity contribution in [2.24, 2.45) is 0 Å². The van der Waals surface area contributed by atoms with E-state index in [0.29, 0.717) is 12.3 Å². The molecule has 1 rings (SSSR count). The summed E-state index contributed by atoms with van der Waals surface area (Å²) in [5.74, 6) is 0.344. The zero-order chi connectivity index (χ0) is 12.7. The van der Waals surface area contributed by atoms with E-state index >= 15 is 0 Å². The summed E-state index contributed by atoms with van der Waals surface area (Å²) in [6.45, 7) is 0.527. The van der Waals surface area contributed by atoms with E-state index in [1.54, 1.807) is 12.1 Å². The first kappa shape index (κ1) is 13.4. The van der Waals surface area contributed by atoms with Crippen molar-refractivity contribution in [1.29, 1.82) is 0 Å². The fourth-order valence-electron chi connectivity index (χ4n) is 1.20. The minimum atomic E-state index is -0.264. The van der Waals surface area contributed by atoms with E-state index < -0.39 is 0 Å². The molecule has 0 aliphatic heterocycles. The van der Waals surface area contributed by atoms with Gasteiger partial charge in [-0.15, -0.1) is 11.6 Å². The second kappa shape index (κ2) is 6.85. The highest BCUT2D eigenvalue weighted by Crippen LogP contribution is 2.35. The number of hydrogen-bond donors (Lipinski definition) is 2. The summed E-state index contributed by atoms with van der Waals surface area (Å²) in [4.78, 5) is 10.8. The minimum absolute atomic E-state index is 0.00646. The third kappa shape index (κ3) is 4.03. The maximum atomic E-state index is 10.8. The predicted octanol–water partition coefficient (Wildman–Crippen LogP) is 1.13. The van der Waals surface area contributed by atoms with Gasteiger partial charge in [-0.2, -0.15) is 0 Å². The SMILES string of the molecule is COc1cccc(O)c1OCCNC(=O)CCl. The number of hydrogen-bond acceptors (Lipinski definition) is 4. The number of benzene rings is 1. The molecule has 0 aromatic heterocycles. The summed E-state index contributed by atoms with van der Waals surface area (Å²) in [6, 6.07) is 4.82. The van der Waals surface area contributed by atoms with Crippen LogP contribution < -0.4 is 14.8 Å². The van der Waals surface area contributed by atoms with Crippen molar-refractivity contribution in [1.82, 2.24) is 5.32 Å². The smallest absolute Gasteiger partial charge is 0.235 e. The summed E-state index contributed by atoms with van der Waals surface area (Å²) in [7, 11) is 1.48. The lowest BCUT2D eigenvalue weighted by atomic mass is 10.3. The van der Waals surface area contributed by atoms with Gasteiger partial charge < -0.3 is 19.9 Å². The Bertz CT molecular complexity index is 384. The molecule has 0 aliphatic rings. The first-order valence-electron chi connectivity index (χ1n) is 5.00. The molecule has 0 spiro atoms. The van der Waals surface area contributed by atoms with Gasteiger partial charge in [0.15, 0.2) is 11.5 Å². The van der Waals surface area contributed by atoms with Gasteiger partial charge in [0.25, 0.3) is 0 Å². The zero-order valence-corrected chi connectivity index (χ0v) is 10.2. The fraction of sp³-hybridized carbons (Fsp3) is 0.364. The van der Waals surface area contributed by atoms with Crippen LogP contribution in [0.2, 0.25) is 0 Å². The lowest BCUT2D eigenvalue weighted by Gasteiger charge is -2.12. The third-order valence-corrected chi connectivity index (χ3v) is 2.21. The van der Waals surface area contributed by atoms with Crippen LogP contribution in [0.15, 0.2) is 18.2 Å². The van der Waals surface area contributed by atoms with Gasteiger partial charge in [0, 0.05) is 0 Å². The summed E-state index contributed by atoms with van der Waals surface area (Å²) in [5, 5.41) is 12.1. The number of phenols is 1. The van der Waals surface area contributed by atoms with Crippen LogP contribution in [0.4, 0.5) is 0 Å².